The summed E-state index contributed by atoms with van der Waals surface area (Å²) in [5, 5.41) is 5.51. The Balaban J connectivity index is 1.56. The van der Waals surface area contributed by atoms with Crippen LogP contribution in [0, 0.1) is 5.92 Å². The topological polar surface area (TPSA) is 70.7 Å². The van der Waals surface area contributed by atoms with Crippen molar-refractivity contribution in [3.8, 4) is 0 Å². The van der Waals surface area contributed by atoms with Crippen molar-refractivity contribution < 1.29 is 14.3 Å². The molecule has 0 bridgehead atoms. The lowest BCUT2D eigenvalue weighted by Crippen LogP contribution is -2.32. The van der Waals surface area contributed by atoms with Crippen molar-refractivity contribution in [1.82, 2.24) is 0 Å². The highest BCUT2D eigenvalue weighted by molar-refractivity contribution is 6.04. The molecule has 0 aromatic heterocycles. The molecule has 0 saturated carbocycles. The molecule has 148 valence electrons. The Morgan fingerprint density at radius 3 is 2.14 bits per heavy atom. The molecule has 0 spiro atoms. The van der Waals surface area contributed by atoms with Gasteiger partial charge in [0.15, 0.2) is 0 Å². The van der Waals surface area contributed by atoms with Crippen molar-refractivity contribution in [2.75, 3.05) is 35.2 Å². The summed E-state index contributed by atoms with van der Waals surface area (Å²) in [5.74, 6) is 0.607. The molecule has 6 heteroatoms. The Hall–Kier alpha value is -3.02. The molecule has 3 rings (SSSR count). The fraction of sp³-hybridized carbons (Fsp3) is 0.364. The number of hydrogen-bond acceptors (Lipinski definition) is 4. The number of nitrogens with one attached hydrogen (secondary N) is 2. The predicted octanol–water partition coefficient (Wildman–Crippen LogP) is 4.74. The maximum atomic E-state index is 12.4. The van der Waals surface area contributed by atoms with Gasteiger partial charge in [-0.15, -0.1) is 0 Å². The van der Waals surface area contributed by atoms with Crippen LogP contribution in [0.3, 0.4) is 0 Å². The van der Waals surface area contributed by atoms with Crippen LogP contribution in [0.1, 0.15) is 37.0 Å². The smallest absolute Gasteiger partial charge is 0.411 e. The first-order valence-corrected chi connectivity index (χ1v) is 9.75. The Morgan fingerprint density at radius 2 is 1.54 bits per heavy atom. The summed E-state index contributed by atoms with van der Waals surface area (Å²) < 4.78 is 4.83. The van der Waals surface area contributed by atoms with Crippen molar-refractivity contribution in [3.05, 3.63) is 54.1 Å². The number of benzene rings is 2. The second kappa shape index (κ2) is 9.26. The molecule has 0 unspecified atom stereocenters. The van der Waals surface area contributed by atoms with E-state index in [-0.39, 0.29) is 5.91 Å². The number of amides is 2. The van der Waals surface area contributed by atoms with Crippen molar-refractivity contribution in [2.24, 2.45) is 5.92 Å². The third kappa shape index (κ3) is 5.25. The van der Waals surface area contributed by atoms with Crippen LogP contribution >= 0.6 is 0 Å². The normalized spacial score (nSPS) is 14.4. The monoisotopic (exact) mass is 381 g/mol. The number of rotatable bonds is 5. The van der Waals surface area contributed by atoms with Gasteiger partial charge in [0.1, 0.15) is 0 Å². The molecule has 0 aliphatic carbocycles. The molecule has 1 aliphatic heterocycles. The molecule has 1 saturated heterocycles. The van der Waals surface area contributed by atoms with E-state index in [2.05, 4.69) is 34.6 Å². The lowest BCUT2D eigenvalue weighted by atomic mass is 9.99. The Kier molecular flexibility index (Phi) is 6.53. The van der Waals surface area contributed by atoms with Gasteiger partial charge in [-0.1, -0.05) is 6.92 Å². The lowest BCUT2D eigenvalue weighted by Gasteiger charge is -2.32. The highest BCUT2D eigenvalue weighted by Crippen LogP contribution is 2.24. The quantitative estimate of drug-likeness (QED) is 0.784. The molecule has 28 heavy (non-hydrogen) atoms. The average molecular weight is 381 g/mol. The molecule has 1 aliphatic rings. The second-order valence-electron chi connectivity index (χ2n) is 7.09. The first-order chi connectivity index (χ1) is 13.5. The second-order valence-corrected chi connectivity index (χ2v) is 7.09. The summed E-state index contributed by atoms with van der Waals surface area (Å²) >= 11 is 0. The summed E-state index contributed by atoms with van der Waals surface area (Å²) in [5.41, 5.74) is 3.05. The van der Waals surface area contributed by atoms with Crippen molar-refractivity contribution >= 4 is 29.1 Å². The maximum Gasteiger partial charge on any atom is 0.411 e. The number of carbonyl (C=O) groups excluding carboxylic acids is 2. The molecule has 0 atom stereocenters. The van der Waals surface area contributed by atoms with Gasteiger partial charge in [-0.2, -0.15) is 0 Å². The number of carbonyl (C=O) groups is 2. The molecule has 1 fully saturated rings. The van der Waals surface area contributed by atoms with Crippen LogP contribution in [0.4, 0.5) is 21.9 Å². The van der Waals surface area contributed by atoms with Crippen LogP contribution in [0.5, 0.6) is 0 Å². The van der Waals surface area contributed by atoms with Gasteiger partial charge in [0.05, 0.1) is 6.61 Å². The van der Waals surface area contributed by atoms with Crippen molar-refractivity contribution in [2.45, 2.75) is 26.7 Å². The van der Waals surface area contributed by atoms with Gasteiger partial charge in [0, 0.05) is 35.7 Å². The maximum absolute atomic E-state index is 12.4. The molecule has 2 N–H and O–H groups in total. The summed E-state index contributed by atoms with van der Waals surface area (Å²) in [4.78, 5) is 26.2. The van der Waals surface area contributed by atoms with Crippen LogP contribution in [-0.4, -0.2) is 31.7 Å². The van der Waals surface area contributed by atoms with Crippen LogP contribution in [0.15, 0.2) is 48.5 Å². The van der Waals surface area contributed by atoms with Crippen LogP contribution in [0.2, 0.25) is 0 Å². The first-order valence-electron chi connectivity index (χ1n) is 9.75. The minimum Gasteiger partial charge on any atom is -0.450 e. The van der Waals surface area contributed by atoms with Crippen molar-refractivity contribution in [3.63, 3.8) is 0 Å². The van der Waals surface area contributed by atoms with Crippen LogP contribution < -0.4 is 15.5 Å². The third-order valence-electron chi connectivity index (χ3n) is 4.94. The van der Waals surface area contributed by atoms with E-state index in [9.17, 15) is 9.59 Å². The SMILES string of the molecule is CCOC(=O)Nc1ccc(C(=O)Nc2ccc(N3CCC(C)CC3)cc2)cc1. The minimum absolute atomic E-state index is 0.192. The number of nitrogens with zero attached hydrogens (tertiary/aromatic N) is 1. The molecule has 0 radical (unpaired) electrons. The Labute approximate surface area is 165 Å². The van der Waals surface area contributed by atoms with E-state index in [1.165, 1.54) is 18.5 Å². The summed E-state index contributed by atoms with van der Waals surface area (Å²) in [7, 11) is 0. The Morgan fingerprint density at radius 1 is 0.964 bits per heavy atom. The fourth-order valence-electron chi connectivity index (χ4n) is 3.22. The largest absolute Gasteiger partial charge is 0.450 e. The van der Waals surface area contributed by atoms with Gasteiger partial charge in [-0.05, 0) is 74.2 Å². The Bertz CT molecular complexity index is 795. The molecule has 2 amide bonds. The standard InChI is InChI=1S/C22H27N3O3/c1-3-28-22(27)24-19-6-4-17(5-7-19)21(26)23-18-8-10-20(11-9-18)25-14-12-16(2)13-15-25/h4-11,16H,3,12-15H2,1-2H3,(H,23,26)(H,24,27). The summed E-state index contributed by atoms with van der Waals surface area (Å²) in [6.07, 6.45) is 1.93. The van der Waals surface area contributed by atoms with E-state index in [1.54, 1.807) is 31.2 Å². The van der Waals surface area contributed by atoms with Gasteiger partial charge < -0.3 is 15.0 Å². The summed E-state index contributed by atoms with van der Waals surface area (Å²) in [6, 6.07) is 14.7. The zero-order valence-electron chi connectivity index (χ0n) is 16.4. The van der Waals surface area contributed by atoms with E-state index >= 15 is 0 Å². The van der Waals surface area contributed by atoms with Crippen LogP contribution in [-0.2, 0) is 4.74 Å². The molecule has 2 aromatic carbocycles. The molecule has 1 heterocycles. The van der Waals surface area contributed by atoms with Gasteiger partial charge in [-0.3, -0.25) is 10.1 Å². The number of ether oxygens (including phenoxy) is 1. The molecular weight excluding hydrogens is 354 g/mol. The highest BCUT2D eigenvalue weighted by atomic mass is 16.5. The zero-order chi connectivity index (χ0) is 19.9. The number of piperidine rings is 1. The van der Waals surface area contributed by atoms with Crippen LogP contribution in [0.25, 0.3) is 0 Å². The van der Waals surface area contributed by atoms with E-state index in [4.69, 9.17) is 4.74 Å². The van der Waals surface area contributed by atoms with Gasteiger partial charge in [-0.25, -0.2) is 4.79 Å². The van der Waals surface area contributed by atoms with Gasteiger partial charge in [0.2, 0.25) is 0 Å². The molecular formula is C22H27N3O3. The van der Waals surface area contributed by atoms with E-state index < -0.39 is 6.09 Å². The lowest BCUT2D eigenvalue weighted by molar-refractivity contribution is 0.102. The third-order valence-corrected chi connectivity index (χ3v) is 4.94. The van der Waals surface area contributed by atoms with Gasteiger partial charge in [0.25, 0.3) is 5.91 Å². The zero-order valence-corrected chi connectivity index (χ0v) is 16.4. The number of anilines is 3. The van der Waals surface area contributed by atoms with E-state index in [0.717, 1.165) is 24.7 Å². The van der Waals surface area contributed by atoms with Crippen molar-refractivity contribution in [1.29, 1.82) is 0 Å². The highest BCUT2D eigenvalue weighted by Gasteiger charge is 2.16. The predicted molar refractivity (Wildman–Crippen MR) is 112 cm³/mol. The minimum atomic E-state index is -0.511. The van der Waals surface area contributed by atoms with Gasteiger partial charge >= 0.3 is 6.09 Å². The van der Waals surface area contributed by atoms with E-state index in [1.807, 2.05) is 12.1 Å². The fourth-order valence-corrected chi connectivity index (χ4v) is 3.22. The molecule has 2 aromatic rings. The molecule has 6 nitrogen and oxygen atoms in total. The van der Waals surface area contributed by atoms with E-state index in [0.29, 0.717) is 17.9 Å². The average Bonchev–Trinajstić information content (AvgIpc) is 2.70. The first kappa shape index (κ1) is 19.7. The number of hydrogen-bond donors (Lipinski definition) is 2. The summed E-state index contributed by atoms with van der Waals surface area (Å²) in [6.45, 7) is 6.52.